The number of hydrogen-bond acceptors (Lipinski definition) is 6. The van der Waals surface area contributed by atoms with Gasteiger partial charge >= 0.3 is 5.97 Å². The monoisotopic (exact) mass is 279 g/mol. The summed E-state index contributed by atoms with van der Waals surface area (Å²) < 4.78 is 15.1. The Morgan fingerprint density at radius 3 is 2.26 bits per heavy atom. The standard InChI is InChI=1S/C13H13NO4S/c1-16-9-4-8(5-10(6-9)17-2)12-11(13(15)18-3)14-7-19-12/h4-7H,1-3H3. The minimum atomic E-state index is -0.460. The Morgan fingerprint density at radius 1 is 1.11 bits per heavy atom. The Morgan fingerprint density at radius 2 is 1.74 bits per heavy atom. The molecule has 0 spiro atoms. The van der Waals surface area contributed by atoms with Gasteiger partial charge in [0.25, 0.3) is 0 Å². The second-order valence-corrected chi connectivity index (χ2v) is 4.48. The first-order valence-electron chi connectivity index (χ1n) is 5.44. The molecule has 1 aromatic carbocycles. The number of hydrogen-bond donors (Lipinski definition) is 0. The first kappa shape index (κ1) is 13.4. The van der Waals surface area contributed by atoms with Crippen molar-refractivity contribution in [3.8, 4) is 21.9 Å². The topological polar surface area (TPSA) is 57.7 Å². The molecule has 0 saturated carbocycles. The fourth-order valence-corrected chi connectivity index (χ4v) is 2.40. The van der Waals surface area contributed by atoms with Gasteiger partial charge < -0.3 is 14.2 Å². The summed E-state index contributed by atoms with van der Waals surface area (Å²) in [5, 5.41) is 0. The molecule has 1 heterocycles. The smallest absolute Gasteiger partial charge is 0.358 e. The molecular formula is C13H13NO4S. The van der Waals surface area contributed by atoms with Crippen LogP contribution in [0.3, 0.4) is 0 Å². The van der Waals surface area contributed by atoms with Crippen LogP contribution in [0.4, 0.5) is 0 Å². The maximum atomic E-state index is 11.6. The van der Waals surface area contributed by atoms with Gasteiger partial charge in [0.15, 0.2) is 5.69 Å². The van der Waals surface area contributed by atoms with Gasteiger partial charge in [0.05, 0.1) is 31.7 Å². The Kier molecular flexibility index (Phi) is 4.01. The van der Waals surface area contributed by atoms with Crippen LogP contribution >= 0.6 is 11.3 Å². The van der Waals surface area contributed by atoms with Gasteiger partial charge in [-0.25, -0.2) is 9.78 Å². The van der Waals surface area contributed by atoms with Crippen molar-refractivity contribution in [2.45, 2.75) is 0 Å². The Balaban J connectivity index is 2.52. The van der Waals surface area contributed by atoms with Crippen LogP contribution in [0, 0.1) is 0 Å². The van der Waals surface area contributed by atoms with E-state index in [0.717, 1.165) is 10.4 Å². The molecule has 6 heteroatoms. The van der Waals surface area contributed by atoms with E-state index >= 15 is 0 Å². The molecule has 0 N–H and O–H groups in total. The van der Waals surface area contributed by atoms with E-state index in [2.05, 4.69) is 4.98 Å². The van der Waals surface area contributed by atoms with E-state index in [0.29, 0.717) is 17.2 Å². The summed E-state index contributed by atoms with van der Waals surface area (Å²) in [6, 6.07) is 5.41. The van der Waals surface area contributed by atoms with Gasteiger partial charge in [-0.1, -0.05) is 0 Å². The molecule has 0 aliphatic heterocycles. The molecular weight excluding hydrogens is 266 g/mol. The fraction of sp³-hybridized carbons (Fsp3) is 0.231. The molecule has 0 radical (unpaired) electrons. The number of carbonyl (C=O) groups excluding carboxylic acids is 1. The molecule has 0 unspecified atom stereocenters. The quantitative estimate of drug-likeness (QED) is 0.805. The van der Waals surface area contributed by atoms with Crippen LogP contribution in [0.2, 0.25) is 0 Å². The third kappa shape index (κ3) is 2.68. The van der Waals surface area contributed by atoms with Crippen LogP contribution in [0.1, 0.15) is 10.5 Å². The number of rotatable bonds is 4. The summed E-state index contributed by atoms with van der Waals surface area (Å²) in [5.74, 6) is 0.843. The lowest BCUT2D eigenvalue weighted by atomic mass is 10.1. The van der Waals surface area contributed by atoms with E-state index in [4.69, 9.17) is 14.2 Å². The van der Waals surface area contributed by atoms with Gasteiger partial charge in [-0.05, 0) is 12.1 Å². The molecule has 2 rings (SSSR count). The lowest BCUT2D eigenvalue weighted by Gasteiger charge is -2.08. The fourth-order valence-electron chi connectivity index (χ4n) is 1.63. The van der Waals surface area contributed by atoms with Crippen molar-refractivity contribution < 1.29 is 19.0 Å². The second kappa shape index (κ2) is 5.71. The van der Waals surface area contributed by atoms with Gasteiger partial charge in [-0.2, -0.15) is 0 Å². The van der Waals surface area contributed by atoms with Crippen molar-refractivity contribution in [3.05, 3.63) is 29.4 Å². The molecule has 0 bridgehead atoms. The maximum Gasteiger partial charge on any atom is 0.358 e. The van der Waals surface area contributed by atoms with Gasteiger partial charge in [0.2, 0.25) is 0 Å². The minimum Gasteiger partial charge on any atom is -0.497 e. The van der Waals surface area contributed by atoms with Crippen LogP contribution in [-0.4, -0.2) is 32.3 Å². The summed E-state index contributed by atoms with van der Waals surface area (Å²) in [4.78, 5) is 16.4. The average Bonchev–Trinajstić information content (AvgIpc) is 2.95. The van der Waals surface area contributed by atoms with Crippen LogP contribution < -0.4 is 9.47 Å². The molecule has 0 fully saturated rings. The third-order valence-electron chi connectivity index (χ3n) is 2.56. The van der Waals surface area contributed by atoms with Crippen molar-refractivity contribution in [2.75, 3.05) is 21.3 Å². The number of nitrogens with zero attached hydrogens (tertiary/aromatic N) is 1. The lowest BCUT2D eigenvalue weighted by Crippen LogP contribution is -2.03. The number of methoxy groups -OCH3 is 3. The number of esters is 1. The van der Waals surface area contributed by atoms with Gasteiger partial charge in [0, 0.05) is 11.6 Å². The number of carbonyl (C=O) groups is 1. The summed E-state index contributed by atoms with van der Waals surface area (Å²) in [7, 11) is 4.48. The zero-order chi connectivity index (χ0) is 13.8. The molecule has 2 aromatic rings. The predicted octanol–water partition coefficient (Wildman–Crippen LogP) is 2.61. The average molecular weight is 279 g/mol. The molecule has 100 valence electrons. The largest absolute Gasteiger partial charge is 0.497 e. The van der Waals surface area contributed by atoms with Crippen molar-refractivity contribution in [1.82, 2.24) is 4.98 Å². The van der Waals surface area contributed by atoms with E-state index in [1.165, 1.54) is 18.4 Å². The predicted molar refractivity (Wildman–Crippen MR) is 72.0 cm³/mol. The van der Waals surface area contributed by atoms with E-state index < -0.39 is 5.97 Å². The number of benzene rings is 1. The van der Waals surface area contributed by atoms with Crippen molar-refractivity contribution in [2.24, 2.45) is 0 Å². The van der Waals surface area contributed by atoms with Crippen LogP contribution in [0.15, 0.2) is 23.7 Å². The first-order chi connectivity index (χ1) is 9.19. The summed E-state index contributed by atoms with van der Waals surface area (Å²) in [6.45, 7) is 0. The van der Waals surface area contributed by atoms with E-state index in [9.17, 15) is 4.79 Å². The summed E-state index contributed by atoms with van der Waals surface area (Å²) in [6.07, 6.45) is 0. The highest BCUT2D eigenvalue weighted by Crippen LogP contribution is 2.34. The Labute approximate surface area is 114 Å². The van der Waals surface area contributed by atoms with Gasteiger partial charge in [-0.3, -0.25) is 0 Å². The van der Waals surface area contributed by atoms with Crippen molar-refractivity contribution in [1.29, 1.82) is 0 Å². The van der Waals surface area contributed by atoms with E-state index in [-0.39, 0.29) is 0 Å². The molecule has 5 nitrogen and oxygen atoms in total. The highest BCUT2D eigenvalue weighted by Gasteiger charge is 2.18. The zero-order valence-electron chi connectivity index (χ0n) is 10.8. The highest BCUT2D eigenvalue weighted by molar-refractivity contribution is 7.13. The maximum absolute atomic E-state index is 11.6. The normalized spacial score (nSPS) is 10.1. The number of ether oxygens (including phenoxy) is 3. The number of thiazole rings is 1. The Bertz CT molecular complexity index is 572. The third-order valence-corrected chi connectivity index (χ3v) is 3.44. The van der Waals surface area contributed by atoms with Crippen molar-refractivity contribution >= 4 is 17.3 Å². The molecule has 0 aliphatic carbocycles. The molecule has 1 aromatic heterocycles. The first-order valence-corrected chi connectivity index (χ1v) is 6.32. The van der Waals surface area contributed by atoms with Crippen LogP contribution in [0.25, 0.3) is 10.4 Å². The Hall–Kier alpha value is -2.08. The van der Waals surface area contributed by atoms with Crippen LogP contribution in [0.5, 0.6) is 11.5 Å². The van der Waals surface area contributed by atoms with E-state index in [1.54, 1.807) is 25.8 Å². The second-order valence-electron chi connectivity index (χ2n) is 3.62. The van der Waals surface area contributed by atoms with Crippen LogP contribution in [-0.2, 0) is 4.74 Å². The minimum absolute atomic E-state index is 0.294. The number of aromatic nitrogens is 1. The SMILES string of the molecule is COC(=O)c1ncsc1-c1cc(OC)cc(OC)c1. The lowest BCUT2D eigenvalue weighted by molar-refractivity contribution is 0.0596. The summed E-state index contributed by atoms with van der Waals surface area (Å²) in [5.41, 5.74) is 2.70. The molecule has 0 amide bonds. The molecule has 0 atom stereocenters. The van der Waals surface area contributed by atoms with E-state index in [1.807, 2.05) is 12.1 Å². The molecule has 19 heavy (non-hydrogen) atoms. The highest BCUT2D eigenvalue weighted by atomic mass is 32.1. The van der Waals surface area contributed by atoms with Gasteiger partial charge in [0.1, 0.15) is 11.5 Å². The summed E-state index contributed by atoms with van der Waals surface area (Å²) >= 11 is 1.36. The molecule has 0 aliphatic rings. The molecule has 0 saturated heterocycles. The van der Waals surface area contributed by atoms with Gasteiger partial charge in [-0.15, -0.1) is 11.3 Å². The zero-order valence-corrected chi connectivity index (χ0v) is 11.6. The van der Waals surface area contributed by atoms with Crippen molar-refractivity contribution in [3.63, 3.8) is 0 Å².